The van der Waals surface area contributed by atoms with Gasteiger partial charge in [0.1, 0.15) is 5.75 Å². The van der Waals surface area contributed by atoms with Gasteiger partial charge >= 0.3 is 0 Å². The summed E-state index contributed by atoms with van der Waals surface area (Å²) in [6.45, 7) is 3.61. The van der Waals surface area contributed by atoms with Gasteiger partial charge in [0.15, 0.2) is 0 Å². The molecule has 0 atom stereocenters. The van der Waals surface area contributed by atoms with E-state index in [0.717, 1.165) is 12.8 Å². The van der Waals surface area contributed by atoms with Gasteiger partial charge in [0.2, 0.25) is 0 Å². The van der Waals surface area contributed by atoms with Gasteiger partial charge < -0.3 is 20.1 Å². The molecule has 0 unspecified atom stereocenters. The van der Waals surface area contributed by atoms with Gasteiger partial charge in [-0.3, -0.25) is 4.79 Å². The van der Waals surface area contributed by atoms with E-state index >= 15 is 0 Å². The summed E-state index contributed by atoms with van der Waals surface area (Å²) < 4.78 is 10.5. The van der Waals surface area contributed by atoms with Crippen LogP contribution >= 0.6 is 0 Å². The number of hydrogen-bond acceptors (Lipinski definition) is 4. The van der Waals surface area contributed by atoms with E-state index in [0.29, 0.717) is 42.8 Å². The predicted octanol–water partition coefficient (Wildman–Crippen LogP) is 1.92. The van der Waals surface area contributed by atoms with Crippen LogP contribution in [-0.4, -0.2) is 43.7 Å². The molecule has 20 heavy (non-hydrogen) atoms. The van der Waals surface area contributed by atoms with Gasteiger partial charge in [-0.1, -0.05) is 0 Å². The molecule has 5 heteroatoms. The molecule has 0 bridgehead atoms. The van der Waals surface area contributed by atoms with E-state index in [-0.39, 0.29) is 5.91 Å². The van der Waals surface area contributed by atoms with E-state index in [4.69, 9.17) is 15.2 Å². The Labute approximate surface area is 119 Å². The fraction of sp³-hybridized carbons (Fsp3) is 0.533. The molecular formula is C15H22N2O3. The molecule has 0 saturated heterocycles. The molecule has 1 amide bonds. The molecular weight excluding hydrogens is 256 g/mol. The molecule has 0 aliphatic heterocycles. The minimum absolute atomic E-state index is 0.00203. The predicted molar refractivity (Wildman–Crippen MR) is 78.0 cm³/mol. The lowest BCUT2D eigenvalue weighted by atomic mass is 10.1. The minimum atomic E-state index is -0.00203. The summed E-state index contributed by atoms with van der Waals surface area (Å²) in [5, 5.41) is 0. The van der Waals surface area contributed by atoms with Gasteiger partial charge in [0.05, 0.1) is 13.2 Å². The second kappa shape index (κ2) is 6.61. The van der Waals surface area contributed by atoms with Crippen LogP contribution in [-0.2, 0) is 4.74 Å². The number of amides is 1. The van der Waals surface area contributed by atoms with Gasteiger partial charge in [-0.15, -0.1) is 0 Å². The van der Waals surface area contributed by atoms with Crippen molar-refractivity contribution in [2.75, 3.05) is 32.6 Å². The zero-order valence-corrected chi connectivity index (χ0v) is 12.1. The number of nitrogens with zero attached hydrogens (tertiary/aromatic N) is 1. The highest BCUT2D eigenvalue weighted by Crippen LogP contribution is 2.29. The molecule has 0 spiro atoms. The smallest absolute Gasteiger partial charge is 0.254 e. The Balaban J connectivity index is 2.17. The summed E-state index contributed by atoms with van der Waals surface area (Å²) in [7, 11) is 1.64. The van der Waals surface area contributed by atoms with Crippen molar-refractivity contribution in [1.29, 1.82) is 0 Å². The topological polar surface area (TPSA) is 64.8 Å². The Hall–Kier alpha value is -1.75. The fourth-order valence-corrected chi connectivity index (χ4v) is 2.19. The molecule has 5 nitrogen and oxygen atoms in total. The first-order valence-electron chi connectivity index (χ1n) is 6.99. The summed E-state index contributed by atoms with van der Waals surface area (Å²) in [6, 6.07) is 5.53. The van der Waals surface area contributed by atoms with Crippen molar-refractivity contribution < 1.29 is 14.3 Å². The van der Waals surface area contributed by atoms with E-state index in [1.165, 1.54) is 0 Å². The van der Waals surface area contributed by atoms with Crippen molar-refractivity contribution in [3.63, 3.8) is 0 Å². The standard InChI is InChI=1S/C15H22N2O3/c1-3-20-14-9-11(8-12(16)10-14)15(18)17(6-7-19-2)13-4-5-13/h8-10,13H,3-7,16H2,1-2H3. The zero-order valence-electron chi connectivity index (χ0n) is 12.1. The number of benzene rings is 1. The molecule has 1 aliphatic rings. The summed E-state index contributed by atoms with van der Waals surface area (Å²) in [4.78, 5) is 14.5. The van der Waals surface area contributed by atoms with Crippen LogP contribution < -0.4 is 10.5 Å². The number of methoxy groups -OCH3 is 1. The van der Waals surface area contributed by atoms with E-state index in [2.05, 4.69) is 0 Å². The number of carbonyl (C=O) groups excluding carboxylic acids is 1. The molecule has 0 aromatic heterocycles. The van der Waals surface area contributed by atoms with Crippen molar-refractivity contribution in [3.8, 4) is 5.75 Å². The average Bonchev–Trinajstić information content (AvgIpc) is 3.23. The van der Waals surface area contributed by atoms with Crippen molar-refractivity contribution in [3.05, 3.63) is 23.8 Å². The lowest BCUT2D eigenvalue weighted by Crippen LogP contribution is -2.35. The summed E-state index contributed by atoms with van der Waals surface area (Å²) in [5.41, 5.74) is 6.97. The van der Waals surface area contributed by atoms with Gasteiger partial charge in [0, 0.05) is 37.0 Å². The molecule has 110 valence electrons. The third-order valence-corrected chi connectivity index (χ3v) is 3.27. The molecule has 1 aromatic carbocycles. The maximum absolute atomic E-state index is 12.6. The van der Waals surface area contributed by atoms with Gasteiger partial charge in [-0.2, -0.15) is 0 Å². The molecule has 0 radical (unpaired) electrons. The van der Waals surface area contributed by atoms with E-state index in [1.54, 1.807) is 25.3 Å². The van der Waals surface area contributed by atoms with Gasteiger partial charge in [-0.25, -0.2) is 0 Å². The number of carbonyl (C=O) groups is 1. The summed E-state index contributed by atoms with van der Waals surface area (Å²) in [6.07, 6.45) is 2.13. The maximum atomic E-state index is 12.6. The van der Waals surface area contributed by atoms with Crippen LogP contribution in [0.1, 0.15) is 30.1 Å². The van der Waals surface area contributed by atoms with E-state index in [9.17, 15) is 4.79 Å². The third kappa shape index (κ3) is 3.63. The SMILES string of the molecule is CCOc1cc(N)cc(C(=O)N(CCOC)C2CC2)c1. The van der Waals surface area contributed by atoms with E-state index in [1.807, 2.05) is 11.8 Å². The first kappa shape index (κ1) is 14.7. The summed E-state index contributed by atoms with van der Waals surface area (Å²) in [5.74, 6) is 0.635. The Kier molecular flexibility index (Phi) is 4.84. The first-order chi connectivity index (χ1) is 9.65. The highest BCUT2D eigenvalue weighted by molar-refractivity contribution is 5.96. The lowest BCUT2D eigenvalue weighted by Gasteiger charge is -2.22. The van der Waals surface area contributed by atoms with Crippen LogP contribution in [0, 0.1) is 0 Å². The maximum Gasteiger partial charge on any atom is 0.254 e. The lowest BCUT2D eigenvalue weighted by molar-refractivity contribution is 0.0680. The largest absolute Gasteiger partial charge is 0.494 e. The normalized spacial score (nSPS) is 14.1. The van der Waals surface area contributed by atoms with Crippen molar-refractivity contribution in [2.24, 2.45) is 0 Å². The van der Waals surface area contributed by atoms with Crippen molar-refractivity contribution in [1.82, 2.24) is 4.90 Å². The van der Waals surface area contributed by atoms with Gasteiger partial charge in [-0.05, 0) is 31.9 Å². The second-order valence-corrected chi connectivity index (χ2v) is 4.95. The highest BCUT2D eigenvalue weighted by atomic mass is 16.5. The second-order valence-electron chi connectivity index (χ2n) is 4.95. The molecule has 2 N–H and O–H groups in total. The molecule has 0 heterocycles. The van der Waals surface area contributed by atoms with E-state index < -0.39 is 0 Å². The van der Waals surface area contributed by atoms with Crippen LogP contribution in [0.25, 0.3) is 0 Å². The monoisotopic (exact) mass is 278 g/mol. The number of ether oxygens (including phenoxy) is 2. The Bertz CT molecular complexity index is 472. The van der Waals surface area contributed by atoms with Crippen molar-refractivity contribution in [2.45, 2.75) is 25.8 Å². The number of nitrogen functional groups attached to an aromatic ring is 1. The number of nitrogens with two attached hydrogens (primary N) is 1. The van der Waals surface area contributed by atoms with Crippen LogP contribution in [0.2, 0.25) is 0 Å². The van der Waals surface area contributed by atoms with Crippen LogP contribution in [0.4, 0.5) is 5.69 Å². The van der Waals surface area contributed by atoms with Crippen LogP contribution in [0.5, 0.6) is 5.75 Å². The molecule has 1 saturated carbocycles. The zero-order chi connectivity index (χ0) is 14.5. The quantitative estimate of drug-likeness (QED) is 0.774. The van der Waals surface area contributed by atoms with Gasteiger partial charge in [0.25, 0.3) is 5.91 Å². The Morgan fingerprint density at radius 1 is 1.40 bits per heavy atom. The number of anilines is 1. The number of rotatable bonds is 7. The Morgan fingerprint density at radius 2 is 2.15 bits per heavy atom. The molecule has 2 rings (SSSR count). The third-order valence-electron chi connectivity index (χ3n) is 3.27. The van der Waals surface area contributed by atoms with Crippen LogP contribution in [0.15, 0.2) is 18.2 Å². The van der Waals surface area contributed by atoms with Crippen LogP contribution in [0.3, 0.4) is 0 Å². The fourth-order valence-electron chi connectivity index (χ4n) is 2.19. The average molecular weight is 278 g/mol. The minimum Gasteiger partial charge on any atom is -0.494 e. The Morgan fingerprint density at radius 3 is 2.75 bits per heavy atom. The molecule has 1 aromatic rings. The summed E-state index contributed by atoms with van der Waals surface area (Å²) >= 11 is 0. The highest BCUT2D eigenvalue weighted by Gasteiger charge is 2.32. The molecule has 1 fully saturated rings. The van der Waals surface area contributed by atoms with Crippen molar-refractivity contribution >= 4 is 11.6 Å². The first-order valence-corrected chi connectivity index (χ1v) is 6.99. The molecule has 1 aliphatic carbocycles. The number of hydrogen-bond donors (Lipinski definition) is 1.